The van der Waals surface area contributed by atoms with Crippen molar-refractivity contribution in [1.29, 1.82) is 0 Å². The fraction of sp³-hybridized carbons (Fsp3) is 0.200. The van der Waals surface area contributed by atoms with Gasteiger partial charge in [-0.05, 0) is 56.2 Å². The Labute approximate surface area is 271 Å². The summed E-state index contributed by atoms with van der Waals surface area (Å²) in [6.07, 6.45) is 1.45. The Morgan fingerprint density at radius 3 is 2.19 bits per heavy atom. The molecule has 0 fully saturated rings. The predicted octanol–water partition coefficient (Wildman–Crippen LogP) is 1.95. The van der Waals surface area contributed by atoms with Crippen molar-refractivity contribution in [2.75, 3.05) is 17.6 Å². The van der Waals surface area contributed by atoms with Crippen LogP contribution in [0.1, 0.15) is 57.4 Å². The van der Waals surface area contributed by atoms with Gasteiger partial charge in [-0.3, -0.25) is 14.0 Å². The summed E-state index contributed by atoms with van der Waals surface area (Å²) >= 11 is 0. The Kier molecular flexibility index (Phi) is 8.43. The third-order valence-electron chi connectivity index (χ3n) is 7.48. The second kappa shape index (κ2) is 11.8. The Morgan fingerprint density at radius 2 is 1.62 bits per heavy atom. The van der Waals surface area contributed by atoms with E-state index in [1.807, 2.05) is 0 Å². The standard InChI is InChI=1S/C30H26N2O14S2/c1-4-31-20-8-7-16-21(15-6-5-13(27(33)34)9-18(15)28(35)36)19-10-17-14(12-47(39,40)41)11-30(2,3)32-23(17)22(29(37)46-38)24(19)45-25(16)26(20)48(42,43)44/h5-11,32,38H,4,12H2,1-3H3,(H,33,34)(H,35,36)(H,39,40,41)(H,42,43,44)/p+1. The molecule has 3 aliphatic rings. The quantitative estimate of drug-likeness (QED) is 0.0598. The molecule has 0 aromatic heterocycles. The first kappa shape index (κ1) is 34.2. The summed E-state index contributed by atoms with van der Waals surface area (Å²) in [5.41, 5.74) is -3.94. The highest BCUT2D eigenvalue weighted by Crippen LogP contribution is 2.48. The number of aromatic carboxylic acids is 2. The third-order valence-corrected chi connectivity index (χ3v) is 9.08. The summed E-state index contributed by atoms with van der Waals surface area (Å²) in [6, 6.07) is 6.95. The fourth-order valence-corrected chi connectivity index (χ4v) is 7.26. The number of carbonyl (C=O) groups is 3. The number of benzene rings is 3. The number of rotatable bonds is 8. The van der Waals surface area contributed by atoms with Gasteiger partial charge in [0.1, 0.15) is 17.9 Å². The number of anilines is 1. The van der Waals surface area contributed by atoms with E-state index in [0.717, 1.165) is 18.2 Å². The van der Waals surface area contributed by atoms with Crippen LogP contribution in [-0.4, -0.2) is 77.2 Å². The average Bonchev–Trinajstić information content (AvgIpc) is 2.96. The van der Waals surface area contributed by atoms with Crippen LogP contribution in [0.4, 0.5) is 5.69 Å². The number of hydrogen-bond donors (Lipinski definition) is 7. The Balaban J connectivity index is 2.15. The van der Waals surface area contributed by atoms with E-state index in [2.05, 4.69) is 15.2 Å². The van der Waals surface area contributed by atoms with Gasteiger partial charge in [0.15, 0.2) is 11.3 Å². The van der Waals surface area contributed by atoms with Crippen LogP contribution in [0, 0.1) is 0 Å². The lowest BCUT2D eigenvalue weighted by atomic mass is 9.84. The first-order chi connectivity index (χ1) is 22.3. The second-order valence-corrected chi connectivity index (χ2v) is 14.2. The van der Waals surface area contributed by atoms with Crippen LogP contribution in [0.2, 0.25) is 0 Å². The minimum Gasteiger partial charge on any atom is -0.478 e. The van der Waals surface area contributed by atoms with Crippen LogP contribution in [0.5, 0.6) is 0 Å². The molecule has 0 amide bonds. The molecule has 2 heterocycles. The van der Waals surface area contributed by atoms with Crippen molar-refractivity contribution in [1.82, 2.24) is 0 Å². The van der Waals surface area contributed by atoms with Crippen molar-refractivity contribution < 1.29 is 70.1 Å². The maximum Gasteiger partial charge on any atom is 0.378 e. The van der Waals surface area contributed by atoms with Crippen molar-refractivity contribution in [3.63, 3.8) is 0 Å². The lowest BCUT2D eigenvalue weighted by molar-refractivity contribution is -0.498. The Bertz CT molecular complexity index is 2370. The molecular weight excluding hydrogens is 676 g/mol. The molecule has 2 aromatic rings. The van der Waals surface area contributed by atoms with E-state index in [1.54, 1.807) is 20.8 Å². The highest BCUT2D eigenvalue weighted by atomic mass is 32.2. The highest BCUT2D eigenvalue weighted by Gasteiger charge is 2.37. The van der Waals surface area contributed by atoms with Crippen LogP contribution in [0.25, 0.3) is 39.0 Å². The van der Waals surface area contributed by atoms with Gasteiger partial charge in [0, 0.05) is 28.1 Å². The number of fused-ring (bicyclic) bond motifs is 3. The van der Waals surface area contributed by atoms with Crippen molar-refractivity contribution >= 4 is 60.4 Å². The number of hydrogen-bond acceptors (Lipinski definition) is 11. The second-order valence-electron chi connectivity index (χ2n) is 11.3. The average molecular weight is 704 g/mol. The molecule has 2 aromatic carbocycles. The van der Waals surface area contributed by atoms with Gasteiger partial charge in [-0.1, -0.05) is 12.1 Å². The predicted molar refractivity (Wildman–Crippen MR) is 167 cm³/mol. The molecule has 0 atom stereocenters. The monoisotopic (exact) mass is 703 g/mol. The van der Waals surface area contributed by atoms with Crippen LogP contribution in [0.15, 0.2) is 51.8 Å². The molecule has 2 aliphatic heterocycles. The van der Waals surface area contributed by atoms with E-state index in [4.69, 9.17) is 4.42 Å². The van der Waals surface area contributed by atoms with E-state index < -0.39 is 82.4 Å². The zero-order chi connectivity index (χ0) is 35.5. The molecule has 7 N–H and O–H groups in total. The smallest absolute Gasteiger partial charge is 0.378 e. The Hall–Kier alpha value is -5.14. The van der Waals surface area contributed by atoms with Crippen molar-refractivity contribution in [2.45, 2.75) is 31.2 Å². The first-order valence-electron chi connectivity index (χ1n) is 13.8. The van der Waals surface area contributed by atoms with Gasteiger partial charge in [-0.15, -0.1) is 0 Å². The number of carboxylic acid groups (broad SMARTS) is 2. The lowest BCUT2D eigenvalue weighted by Crippen LogP contribution is -2.76. The lowest BCUT2D eigenvalue weighted by Gasteiger charge is -2.33. The van der Waals surface area contributed by atoms with Crippen LogP contribution >= 0.6 is 0 Å². The zero-order valence-electron chi connectivity index (χ0n) is 25.2. The van der Waals surface area contributed by atoms with Gasteiger partial charge in [-0.2, -0.15) is 22.1 Å². The van der Waals surface area contributed by atoms with Crippen LogP contribution in [0.3, 0.4) is 0 Å². The summed E-state index contributed by atoms with van der Waals surface area (Å²) in [5, 5.41) is 32.0. The number of carboxylic acids is 2. The van der Waals surface area contributed by atoms with Crippen LogP contribution < -0.4 is 15.7 Å². The Morgan fingerprint density at radius 1 is 0.958 bits per heavy atom. The molecule has 48 heavy (non-hydrogen) atoms. The molecule has 18 heteroatoms. The maximum atomic E-state index is 13.3. The summed E-state index contributed by atoms with van der Waals surface area (Å²) in [5.74, 6) is -6.05. The molecule has 5 rings (SSSR count). The van der Waals surface area contributed by atoms with Gasteiger partial charge >= 0.3 is 28.0 Å². The normalized spacial score (nSPS) is 14.7. The SMILES string of the molecule is CC[NH+]=c1ccc2c(-c3ccc(C(=O)O)cc3C(=O)O)c3cc4c(c(C(=O)OO)c3oc-2c1S(=O)(=O)O)NC(C)(C)C=C4CS(=O)(=O)O. The minimum absolute atomic E-state index is 0.0306. The summed E-state index contributed by atoms with van der Waals surface area (Å²) in [6.45, 7) is 4.98. The van der Waals surface area contributed by atoms with Crippen LogP contribution in [-0.2, 0) is 25.1 Å². The van der Waals surface area contributed by atoms with Gasteiger partial charge in [-0.25, -0.2) is 19.4 Å². The molecule has 0 spiro atoms. The van der Waals surface area contributed by atoms with Gasteiger partial charge in [0.2, 0.25) is 10.3 Å². The molecule has 252 valence electrons. The van der Waals surface area contributed by atoms with Crippen molar-refractivity contribution in [3.05, 3.63) is 70.1 Å². The molecule has 0 unspecified atom stereocenters. The molecule has 1 aliphatic carbocycles. The summed E-state index contributed by atoms with van der Waals surface area (Å²) in [7, 11) is -9.82. The minimum atomic E-state index is -5.13. The highest BCUT2D eigenvalue weighted by molar-refractivity contribution is 7.86. The zero-order valence-corrected chi connectivity index (χ0v) is 26.8. The fourth-order valence-electron chi connectivity index (χ4n) is 5.82. The molecular formula is C30H27N2O14S2+. The number of carbonyl (C=O) groups excluding carboxylic acids is 1. The topological polar surface area (TPSA) is 269 Å². The van der Waals surface area contributed by atoms with Gasteiger partial charge in [0.05, 0.1) is 22.4 Å². The summed E-state index contributed by atoms with van der Waals surface area (Å²) < 4.78 is 76.1. The first-order valence-corrected chi connectivity index (χ1v) is 16.9. The van der Waals surface area contributed by atoms with E-state index >= 15 is 0 Å². The number of nitrogens with one attached hydrogen (secondary N) is 2. The summed E-state index contributed by atoms with van der Waals surface area (Å²) in [4.78, 5) is 43.7. The third kappa shape index (κ3) is 6.14. The van der Waals surface area contributed by atoms with E-state index in [-0.39, 0.29) is 50.8 Å². The molecule has 0 bridgehead atoms. The molecule has 0 saturated heterocycles. The van der Waals surface area contributed by atoms with Gasteiger partial charge < -0.3 is 19.9 Å². The van der Waals surface area contributed by atoms with Gasteiger partial charge in [0.25, 0.3) is 10.1 Å². The van der Waals surface area contributed by atoms with E-state index in [1.165, 1.54) is 24.3 Å². The molecule has 0 saturated carbocycles. The molecule has 0 radical (unpaired) electrons. The van der Waals surface area contributed by atoms with Crippen molar-refractivity contribution in [3.8, 4) is 22.5 Å². The van der Waals surface area contributed by atoms with E-state index in [9.17, 15) is 55.8 Å². The largest absolute Gasteiger partial charge is 0.478 e. The maximum absolute atomic E-state index is 13.3. The molecule has 16 nitrogen and oxygen atoms in total. The van der Waals surface area contributed by atoms with E-state index in [0.29, 0.717) is 0 Å². The van der Waals surface area contributed by atoms with Crippen molar-refractivity contribution in [2.24, 2.45) is 0 Å².